The van der Waals surface area contributed by atoms with Crippen molar-refractivity contribution < 1.29 is 24.2 Å². The molecule has 0 amide bonds. The predicted octanol–water partition coefficient (Wildman–Crippen LogP) is 3.25. The number of aliphatic carboxylic acids is 1. The fourth-order valence-electron chi connectivity index (χ4n) is 3.82. The molecule has 2 aliphatic heterocycles. The summed E-state index contributed by atoms with van der Waals surface area (Å²) < 4.78 is 11.5. The summed E-state index contributed by atoms with van der Waals surface area (Å²) in [6, 6.07) is 3.76. The van der Waals surface area contributed by atoms with Gasteiger partial charge in [0.1, 0.15) is 12.1 Å². The highest BCUT2D eigenvalue weighted by molar-refractivity contribution is 9.10. The van der Waals surface area contributed by atoms with E-state index in [1.54, 1.807) is 30.2 Å². The summed E-state index contributed by atoms with van der Waals surface area (Å²) in [5, 5.41) is 15.8. The molecule has 0 spiro atoms. The van der Waals surface area contributed by atoms with Gasteiger partial charge in [0.15, 0.2) is 10.8 Å². The molecule has 9 nitrogen and oxygen atoms in total. The van der Waals surface area contributed by atoms with Crippen LogP contribution in [0.4, 0.5) is 0 Å². The highest BCUT2D eigenvalue weighted by Gasteiger charge is 2.37. The first-order chi connectivity index (χ1) is 16.4. The number of carbonyl (C=O) groups is 2. The second-order valence-corrected chi connectivity index (χ2v) is 9.74. The van der Waals surface area contributed by atoms with E-state index in [1.165, 1.54) is 11.3 Å². The third-order valence-electron chi connectivity index (χ3n) is 5.40. The number of hydrogen-bond donors (Lipinski definition) is 2. The Morgan fingerprint density at radius 2 is 2.26 bits per heavy atom. The lowest BCUT2D eigenvalue weighted by molar-refractivity contribution is -0.149. The Morgan fingerprint density at radius 3 is 2.94 bits per heavy atom. The molecule has 1 fully saturated rings. The van der Waals surface area contributed by atoms with Crippen LogP contribution in [0, 0.1) is 0 Å². The molecule has 2 aromatic rings. The van der Waals surface area contributed by atoms with Crippen molar-refractivity contribution >= 4 is 56.6 Å². The molecule has 180 valence electrons. The first kappa shape index (κ1) is 24.8. The molecular weight excluding hydrogens is 548 g/mol. The van der Waals surface area contributed by atoms with Crippen molar-refractivity contribution in [3.63, 3.8) is 0 Å². The third kappa shape index (κ3) is 5.33. The van der Waals surface area contributed by atoms with E-state index in [2.05, 4.69) is 26.2 Å². The molecule has 3 heterocycles. The summed E-state index contributed by atoms with van der Waals surface area (Å²) in [6.07, 6.45) is 1.67. The summed E-state index contributed by atoms with van der Waals surface area (Å²) in [7, 11) is 0. The summed E-state index contributed by atoms with van der Waals surface area (Å²) in [5.41, 5.74) is 1.40. The standard InChI is InChI=1S/C22H22BrClN4O5S/c1-2-33-22(31)17-15(10-28-6-7-32-11-16(28)21(29)30)26-19(20-25-5-8-34-20)27-18(17)13-4-3-12(23)9-14(13)24/h3-5,8-9,16,18H,2,6-7,10-11H2,1H3,(H,26,27)(H,29,30)/t16-,18-/m0/s1. The number of morpholine rings is 1. The fourth-order valence-corrected chi connectivity index (χ4v) is 5.19. The zero-order valence-electron chi connectivity index (χ0n) is 18.2. The maximum atomic E-state index is 13.2. The van der Waals surface area contributed by atoms with E-state index in [4.69, 9.17) is 26.1 Å². The van der Waals surface area contributed by atoms with E-state index in [0.29, 0.717) is 40.3 Å². The molecule has 0 saturated carbocycles. The number of esters is 1. The van der Waals surface area contributed by atoms with Crippen molar-refractivity contribution in [1.82, 2.24) is 15.2 Å². The van der Waals surface area contributed by atoms with Crippen LogP contribution in [-0.4, -0.2) is 71.7 Å². The number of aromatic nitrogens is 1. The normalized spacial score (nSPS) is 21.1. The lowest BCUT2D eigenvalue weighted by Crippen LogP contribution is -2.52. The number of nitrogens with one attached hydrogen (secondary N) is 1. The van der Waals surface area contributed by atoms with Crippen LogP contribution in [-0.2, 0) is 19.1 Å². The molecule has 0 aliphatic carbocycles. The highest BCUT2D eigenvalue weighted by atomic mass is 79.9. The van der Waals surface area contributed by atoms with Gasteiger partial charge in [-0.25, -0.2) is 9.78 Å². The lowest BCUT2D eigenvalue weighted by atomic mass is 9.95. The van der Waals surface area contributed by atoms with Crippen molar-refractivity contribution in [2.24, 2.45) is 4.99 Å². The van der Waals surface area contributed by atoms with Gasteiger partial charge in [-0.15, -0.1) is 11.3 Å². The summed E-state index contributed by atoms with van der Waals surface area (Å²) in [4.78, 5) is 36.0. The van der Waals surface area contributed by atoms with Gasteiger partial charge in [-0.2, -0.15) is 0 Å². The van der Waals surface area contributed by atoms with Gasteiger partial charge < -0.3 is 19.9 Å². The van der Waals surface area contributed by atoms with Crippen LogP contribution in [0.15, 0.2) is 50.5 Å². The van der Waals surface area contributed by atoms with Crippen LogP contribution in [0.25, 0.3) is 0 Å². The molecule has 4 rings (SSSR count). The van der Waals surface area contributed by atoms with E-state index in [-0.39, 0.29) is 25.3 Å². The minimum Gasteiger partial charge on any atom is -0.480 e. The maximum absolute atomic E-state index is 13.2. The number of aliphatic imine (C=N–C) groups is 1. The number of hydrogen-bond acceptors (Lipinski definition) is 9. The van der Waals surface area contributed by atoms with Gasteiger partial charge in [0.25, 0.3) is 0 Å². The van der Waals surface area contributed by atoms with Gasteiger partial charge in [0, 0.05) is 45.4 Å². The van der Waals surface area contributed by atoms with Crippen molar-refractivity contribution in [2.45, 2.75) is 19.0 Å². The van der Waals surface area contributed by atoms with Gasteiger partial charge in [-0.05, 0) is 19.1 Å². The van der Waals surface area contributed by atoms with Crippen molar-refractivity contribution in [1.29, 1.82) is 0 Å². The number of carboxylic acid groups (broad SMARTS) is 1. The average Bonchev–Trinajstić information content (AvgIpc) is 3.34. The Hall–Kier alpha value is -2.31. The van der Waals surface area contributed by atoms with Crippen molar-refractivity contribution in [3.05, 3.63) is 61.1 Å². The molecule has 34 heavy (non-hydrogen) atoms. The molecular formula is C22H22BrClN4O5S. The number of rotatable bonds is 7. The van der Waals surface area contributed by atoms with E-state index in [0.717, 1.165) is 4.47 Å². The van der Waals surface area contributed by atoms with Crippen LogP contribution in [0.1, 0.15) is 23.5 Å². The first-order valence-corrected chi connectivity index (χ1v) is 12.6. The molecule has 12 heteroatoms. The molecule has 1 aromatic heterocycles. The minimum atomic E-state index is -0.991. The van der Waals surface area contributed by atoms with Gasteiger partial charge in [0.2, 0.25) is 0 Å². The second-order valence-electron chi connectivity index (χ2n) is 7.52. The zero-order chi connectivity index (χ0) is 24.2. The highest BCUT2D eigenvalue weighted by Crippen LogP contribution is 2.37. The van der Waals surface area contributed by atoms with Gasteiger partial charge in [-0.1, -0.05) is 33.6 Å². The van der Waals surface area contributed by atoms with Crippen LogP contribution in [0.5, 0.6) is 0 Å². The van der Waals surface area contributed by atoms with Gasteiger partial charge in [-0.3, -0.25) is 14.7 Å². The zero-order valence-corrected chi connectivity index (χ0v) is 21.3. The molecule has 0 bridgehead atoms. The summed E-state index contributed by atoms with van der Waals surface area (Å²) in [5.74, 6) is -1.06. The number of carbonyl (C=O) groups excluding carboxylic acids is 1. The monoisotopic (exact) mass is 568 g/mol. The number of nitrogens with zero attached hydrogens (tertiary/aromatic N) is 3. The Morgan fingerprint density at radius 1 is 1.44 bits per heavy atom. The van der Waals surface area contributed by atoms with Crippen molar-refractivity contribution in [3.8, 4) is 0 Å². The first-order valence-electron chi connectivity index (χ1n) is 10.5. The van der Waals surface area contributed by atoms with Crippen LogP contribution in [0.3, 0.4) is 0 Å². The number of carboxylic acids is 1. The fraction of sp³-hybridized carbons (Fsp3) is 0.364. The van der Waals surface area contributed by atoms with E-state index < -0.39 is 24.0 Å². The molecule has 0 radical (unpaired) electrons. The molecule has 1 saturated heterocycles. The minimum absolute atomic E-state index is 0.0623. The summed E-state index contributed by atoms with van der Waals surface area (Å²) in [6.45, 7) is 2.90. The van der Waals surface area contributed by atoms with Crippen LogP contribution < -0.4 is 5.32 Å². The van der Waals surface area contributed by atoms with Gasteiger partial charge >= 0.3 is 11.9 Å². The largest absolute Gasteiger partial charge is 0.480 e. The number of halogens is 2. The Balaban J connectivity index is 1.83. The SMILES string of the molecule is CCOC(=O)C1=C(CN2CCOC[C@H]2C(=O)O)NC(c2nccs2)=N[C@H]1c1ccc(Br)cc1Cl. The Labute approximate surface area is 213 Å². The van der Waals surface area contributed by atoms with Crippen LogP contribution >= 0.6 is 38.9 Å². The molecule has 0 unspecified atom stereocenters. The number of amidine groups is 1. The molecule has 2 atom stereocenters. The van der Waals surface area contributed by atoms with E-state index in [1.807, 2.05) is 11.4 Å². The lowest BCUT2D eigenvalue weighted by Gasteiger charge is -2.35. The maximum Gasteiger partial charge on any atom is 0.338 e. The van der Waals surface area contributed by atoms with Crippen LogP contribution in [0.2, 0.25) is 5.02 Å². The summed E-state index contributed by atoms with van der Waals surface area (Å²) >= 11 is 11.4. The second kappa shape index (κ2) is 11.0. The number of benzene rings is 1. The topological polar surface area (TPSA) is 113 Å². The predicted molar refractivity (Wildman–Crippen MR) is 131 cm³/mol. The molecule has 2 aliphatic rings. The molecule has 1 aromatic carbocycles. The van der Waals surface area contributed by atoms with Gasteiger partial charge in [0.05, 0.1) is 25.4 Å². The Kier molecular flexibility index (Phi) is 7.99. The molecule has 2 N–H and O–H groups in total. The van der Waals surface area contributed by atoms with E-state index in [9.17, 15) is 14.7 Å². The number of thiazole rings is 1. The Bertz CT molecular complexity index is 1140. The van der Waals surface area contributed by atoms with E-state index >= 15 is 0 Å². The smallest absolute Gasteiger partial charge is 0.338 e. The number of ether oxygens (including phenoxy) is 2. The average molecular weight is 570 g/mol. The van der Waals surface area contributed by atoms with Crippen molar-refractivity contribution in [2.75, 3.05) is 32.9 Å². The third-order valence-corrected chi connectivity index (χ3v) is 7.00. The quantitative estimate of drug-likeness (QED) is 0.489.